The van der Waals surface area contributed by atoms with Crippen LogP contribution in [0.15, 0.2) is 48.5 Å². The smallest absolute Gasteiger partial charge is 0.0445 e. The minimum Gasteiger partial charge on any atom is -0.338 e. The van der Waals surface area contributed by atoms with Gasteiger partial charge in [-0.2, -0.15) is 0 Å². The zero-order valence-electron chi connectivity index (χ0n) is 12.9. The summed E-state index contributed by atoms with van der Waals surface area (Å²) in [6.07, 6.45) is 3.32. The van der Waals surface area contributed by atoms with Crippen molar-refractivity contribution in [2.45, 2.75) is 45.2 Å². The molecule has 2 atom stereocenters. The lowest BCUT2D eigenvalue weighted by Gasteiger charge is -2.37. The molecule has 0 aromatic heterocycles. The first kappa shape index (κ1) is 14.2. The van der Waals surface area contributed by atoms with Gasteiger partial charge in [-0.1, -0.05) is 30.3 Å². The summed E-state index contributed by atoms with van der Waals surface area (Å²) in [5.41, 5.74) is 11.3. The van der Waals surface area contributed by atoms with Gasteiger partial charge in [-0.05, 0) is 62.4 Å². The second kappa shape index (κ2) is 5.90. The number of aryl methyl sites for hydroxylation is 1. The molecule has 1 aliphatic rings. The van der Waals surface area contributed by atoms with Gasteiger partial charge in [0.15, 0.2) is 0 Å². The molecule has 21 heavy (non-hydrogen) atoms. The fraction of sp³-hybridized carbons (Fsp3) is 0.368. The Hall–Kier alpha value is -1.80. The molecule has 0 amide bonds. The van der Waals surface area contributed by atoms with Gasteiger partial charge in [0.05, 0.1) is 0 Å². The van der Waals surface area contributed by atoms with Crippen molar-refractivity contribution in [2.75, 3.05) is 4.90 Å². The van der Waals surface area contributed by atoms with Gasteiger partial charge < -0.3 is 10.6 Å². The highest BCUT2D eigenvalue weighted by molar-refractivity contribution is 5.68. The monoisotopic (exact) mass is 280 g/mol. The highest BCUT2D eigenvalue weighted by Gasteiger charge is 2.23. The van der Waals surface area contributed by atoms with Crippen molar-refractivity contribution in [1.29, 1.82) is 0 Å². The van der Waals surface area contributed by atoms with Crippen molar-refractivity contribution < 1.29 is 0 Å². The summed E-state index contributed by atoms with van der Waals surface area (Å²) in [6.45, 7) is 4.36. The summed E-state index contributed by atoms with van der Waals surface area (Å²) in [5.74, 6) is 0. The molecule has 0 saturated carbocycles. The molecule has 3 rings (SSSR count). The lowest BCUT2D eigenvalue weighted by atomic mass is 9.95. The first-order valence-electron chi connectivity index (χ1n) is 7.87. The maximum absolute atomic E-state index is 5.88. The van der Waals surface area contributed by atoms with Crippen LogP contribution in [0.4, 0.5) is 11.4 Å². The van der Waals surface area contributed by atoms with Crippen LogP contribution < -0.4 is 10.6 Å². The number of benzene rings is 2. The van der Waals surface area contributed by atoms with E-state index in [9.17, 15) is 0 Å². The van der Waals surface area contributed by atoms with Crippen molar-refractivity contribution >= 4 is 11.4 Å². The SMILES string of the molecule is CC(N)Cc1ccc(N2c3ccccc3CCC2C)cc1. The molecule has 2 nitrogen and oxygen atoms in total. The third-order valence-electron chi connectivity index (χ3n) is 4.30. The zero-order valence-corrected chi connectivity index (χ0v) is 12.9. The van der Waals surface area contributed by atoms with E-state index in [1.807, 2.05) is 0 Å². The second-order valence-corrected chi connectivity index (χ2v) is 6.23. The van der Waals surface area contributed by atoms with Gasteiger partial charge in [0.1, 0.15) is 0 Å². The van der Waals surface area contributed by atoms with E-state index in [1.165, 1.54) is 35.3 Å². The number of fused-ring (bicyclic) bond motifs is 1. The van der Waals surface area contributed by atoms with Gasteiger partial charge in [-0.15, -0.1) is 0 Å². The van der Waals surface area contributed by atoms with Crippen LogP contribution in [-0.2, 0) is 12.8 Å². The second-order valence-electron chi connectivity index (χ2n) is 6.23. The molecule has 0 bridgehead atoms. The third-order valence-corrected chi connectivity index (χ3v) is 4.30. The lowest BCUT2D eigenvalue weighted by molar-refractivity contribution is 0.618. The molecule has 0 radical (unpaired) electrons. The Morgan fingerprint density at radius 2 is 1.86 bits per heavy atom. The van der Waals surface area contributed by atoms with Crippen LogP contribution in [0.1, 0.15) is 31.4 Å². The molecule has 0 fully saturated rings. The summed E-state index contributed by atoms with van der Waals surface area (Å²) >= 11 is 0. The van der Waals surface area contributed by atoms with Crippen LogP contribution >= 0.6 is 0 Å². The fourth-order valence-corrected chi connectivity index (χ4v) is 3.25. The Labute approximate surface area is 127 Å². The Kier molecular flexibility index (Phi) is 3.98. The topological polar surface area (TPSA) is 29.3 Å². The Bertz CT molecular complexity index is 601. The summed E-state index contributed by atoms with van der Waals surface area (Å²) in [7, 11) is 0. The maximum atomic E-state index is 5.88. The quantitative estimate of drug-likeness (QED) is 0.919. The number of nitrogens with zero attached hydrogens (tertiary/aromatic N) is 1. The van der Waals surface area contributed by atoms with E-state index in [2.05, 4.69) is 67.3 Å². The van der Waals surface area contributed by atoms with Crippen molar-refractivity contribution in [1.82, 2.24) is 0 Å². The van der Waals surface area contributed by atoms with Gasteiger partial charge in [-0.3, -0.25) is 0 Å². The number of anilines is 2. The van der Waals surface area contributed by atoms with Gasteiger partial charge in [-0.25, -0.2) is 0 Å². The molecule has 2 N–H and O–H groups in total. The standard InChI is InChI=1S/C19H24N2/c1-14(20)13-16-8-11-18(12-9-16)21-15(2)7-10-17-5-3-4-6-19(17)21/h3-6,8-9,11-12,14-15H,7,10,13,20H2,1-2H3. The number of nitrogens with two attached hydrogens (primary N) is 1. The molecule has 0 saturated heterocycles. The fourth-order valence-electron chi connectivity index (χ4n) is 3.25. The summed E-state index contributed by atoms with van der Waals surface area (Å²) < 4.78 is 0. The molecule has 2 aromatic carbocycles. The largest absolute Gasteiger partial charge is 0.338 e. The highest BCUT2D eigenvalue weighted by atomic mass is 15.2. The molecular weight excluding hydrogens is 256 g/mol. The molecule has 110 valence electrons. The Balaban J connectivity index is 1.92. The van der Waals surface area contributed by atoms with Crippen molar-refractivity contribution in [3.63, 3.8) is 0 Å². The van der Waals surface area contributed by atoms with Crippen molar-refractivity contribution in [3.05, 3.63) is 59.7 Å². The van der Waals surface area contributed by atoms with E-state index in [-0.39, 0.29) is 6.04 Å². The molecule has 0 aliphatic carbocycles. The van der Waals surface area contributed by atoms with E-state index < -0.39 is 0 Å². The van der Waals surface area contributed by atoms with Gasteiger partial charge in [0.25, 0.3) is 0 Å². The average Bonchev–Trinajstić information content (AvgIpc) is 2.48. The van der Waals surface area contributed by atoms with Crippen molar-refractivity contribution in [2.24, 2.45) is 5.73 Å². The predicted molar refractivity (Wildman–Crippen MR) is 90.2 cm³/mol. The summed E-state index contributed by atoms with van der Waals surface area (Å²) in [5, 5.41) is 0. The third kappa shape index (κ3) is 2.96. The van der Waals surface area contributed by atoms with Crippen LogP contribution in [-0.4, -0.2) is 12.1 Å². The van der Waals surface area contributed by atoms with E-state index >= 15 is 0 Å². The number of para-hydroxylation sites is 1. The normalized spacial score (nSPS) is 19.2. The van der Waals surface area contributed by atoms with Crippen LogP contribution in [0.2, 0.25) is 0 Å². The zero-order chi connectivity index (χ0) is 14.8. The number of hydrogen-bond acceptors (Lipinski definition) is 2. The minimum atomic E-state index is 0.213. The Morgan fingerprint density at radius 1 is 1.14 bits per heavy atom. The van der Waals surface area contributed by atoms with Crippen LogP contribution in [0.3, 0.4) is 0 Å². The molecule has 1 aliphatic heterocycles. The predicted octanol–water partition coefficient (Wildman–Crippen LogP) is 4.05. The van der Waals surface area contributed by atoms with Gasteiger partial charge in [0, 0.05) is 23.5 Å². The lowest BCUT2D eigenvalue weighted by Crippen LogP contribution is -2.33. The molecular formula is C19H24N2. The summed E-state index contributed by atoms with van der Waals surface area (Å²) in [6, 6.07) is 18.4. The van der Waals surface area contributed by atoms with Crippen molar-refractivity contribution in [3.8, 4) is 0 Å². The van der Waals surface area contributed by atoms with Crippen LogP contribution in [0.25, 0.3) is 0 Å². The molecule has 2 unspecified atom stereocenters. The first-order chi connectivity index (χ1) is 10.1. The first-order valence-corrected chi connectivity index (χ1v) is 7.87. The Morgan fingerprint density at radius 3 is 2.57 bits per heavy atom. The maximum Gasteiger partial charge on any atom is 0.0445 e. The van der Waals surface area contributed by atoms with Gasteiger partial charge in [0.2, 0.25) is 0 Å². The molecule has 0 spiro atoms. The van der Waals surface area contributed by atoms with E-state index in [1.54, 1.807) is 0 Å². The van der Waals surface area contributed by atoms with E-state index in [4.69, 9.17) is 5.73 Å². The number of rotatable bonds is 3. The molecule has 1 heterocycles. The minimum absolute atomic E-state index is 0.213. The average molecular weight is 280 g/mol. The van der Waals surface area contributed by atoms with E-state index in [0.29, 0.717) is 6.04 Å². The number of hydrogen-bond donors (Lipinski definition) is 1. The van der Waals surface area contributed by atoms with E-state index in [0.717, 1.165) is 6.42 Å². The molecule has 2 aromatic rings. The van der Waals surface area contributed by atoms with Crippen LogP contribution in [0.5, 0.6) is 0 Å². The summed E-state index contributed by atoms with van der Waals surface area (Å²) in [4.78, 5) is 2.47. The highest BCUT2D eigenvalue weighted by Crippen LogP contribution is 2.36. The molecule has 2 heteroatoms. The van der Waals surface area contributed by atoms with Gasteiger partial charge >= 0.3 is 0 Å². The van der Waals surface area contributed by atoms with Crippen LogP contribution in [0, 0.1) is 0 Å².